The van der Waals surface area contributed by atoms with E-state index < -0.39 is 0 Å². The number of nitrogens with zero attached hydrogens (tertiary/aromatic N) is 1. The molecule has 0 aromatic carbocycles. The molecule has 0 atom stereocenters. The lowest BCUT2D eigenvalue weighted by Gasteiger charge is -2.34. The van der Waals surface area contributed by atoms with Gasteiger partial charge in [-0.3, -0.25) is 9.78 Å². The van der Waals surface area contributed by atoms with Crippen LogP contribution in [0, 0.1) is 18.3 Å². The molecule has 126 valence electrons. The topological polar surface area (TPSA) is 39.2 Å². The Kier molecular flexibility index (Phi) is 4.24. The molecule has 2 saturated carbocycles. The summed E-state index contributed by atoms with van der Waals surface area (Å²) in [6, 6.07) is 4.37. The molecule has 3 heteroatoms. The Hall–Kier alpha value is -1.38. The highest BCUT2D eigenvalue weighted by Crippen LogP contribution is 2.58. The largest absolute Gasteiger partial charge is 0.460 e. The zero-order chi connectivity index (χ0) is 16.7. The molecule has 0 radical (unpaired) electrons. The number of aromatic nitrogens is 1. The first-order chi connectivity index (χ1) is 10.8. The van der Waals surface area contributed by atoms with Gasteiger partial charge in [0, 0.05) is 11.9 Å². The summed E-state index contributed by atoms with van der Waals surface area (Å²) in [6.45, 7) is 7.94. The first-order valence-electron chi connectivity index (χ1n) is 8.96. The lowest BCUT2D eigenvalue weighted by molar-refractivity contribution is -0.164. The fraction of sp³-hybridized carbons (Fsp3) is 0.700. The van der Waals surface area contributed by atoms with Crippen molar-refractivity contribution in [3.8, 4) is 0 Å². The summed E-state index contributed by atoms with van der Waals surface area (Å²) in [7, 11) is 0. The standard InChI is InChI=1S/C20H29NO2/c1-14-13-16(9-12-21-14)15-5-7-17(8-6-15)20(10-11-20)18(22)23-19(2,3)4/h9,12-13,15,17H,5-8,10-11H2,1-4H3. The van der Waals surface area contributed by atoms with Gasteiger partial charge in [0.1, 0.15) is 5.60 Å². The van der Waals surface area contributed by atoms with Gasteiger partial charge in [0.2, 0.25) is 0 Å². The first-order valence-corrected chi connectivity index (χ1v) is 8.96. The highest BCUT2D eigenvalue weighted by Gasteiger charge is 2.57. The maximum absolute atomic E-state index is 12.6. The van der Waals surface area contributed by atoms with Crippen molar-refractivity contribution in [1.82, 2.24) is 4.98 Å². The third kappa shape index (κ3) is 3.59. The first kappa shape index (κ1) is 16.5. The highest BCUT2D eigenvalue weighted by atomic mass is 16.6. The lowest BCUT2D eigenvalue weighted by Crippen LogP contribution is -2.35. The van der Waals surface area contributed by atoms with E-state index >= 15 is 0 Å². The minimum atomic E-state index is -0.377. The Balaban J connectivity index is 1.62. The molecule has 0 spiro atoms. The number of carbonyl (C=O) groups excluding carboxylic acids is 1. The van der Waals surface area contributed by atoms with E-state index in [-0.39, 0.29) is 17.0 Å². The summed E-state index contributed by atoms with van der Waals surface area (Å²) >= 11 is 0. The number of esters is 1. The van der Waals surface area contributed by atoms with E-state index in [1.807, 2.05) is 27.0 Å². The monoisotopic (exact) mass is 315 g/mol. The van der Waals surface area contributed by atoms with E-state index in [0.717, 1.165) is 31.4 Å². The third-order valence-electron chi connectivity index (χ3n) is 5.49. The summed E-state index contributed by atoms with van der Waals surface area (Å²) < 4.78 is 5.70. The predicted molar refractivity (Wildman–Crippen MR) is 91.2 cm³/mol. The maximum Gasteiger partial charge on any atom is 0.312 e. The van der Waals surface area contributed by atoms with Crippen LogP contribution in [0.2, 0.25) is 0 Å². The third-order valence-corrected chi connectivity index (χ3v) is 5.49. The Morgan fingerprint density at radius 3 is 2.39 bits per heavy atom. The Morgan fingerprint density at radius 2 is 1.87 bits per heavy atom. The minimum Gasteiger partial charge on any atom is -0.460 e. The van der Waals surface area contributed by atoms with Crippen LogP contribution in [-0.4, -0.2) is 16.6 Å². The van der Waals surface area contributed by atoms with Crippen molar-refractivity contribution in [3.63, 3.8) is 0 Å². The Bertz CT molecular complexity index is 576. The smallest absolute Gasteiger partial charge is 0.312 e. The summed E-state index contributed by atoms with van der Waals surface area (Å²) in [4.78, 5) is 16.9. The molecular formula is C20H29NO2. The highest BCUT2D eigenvalue weighted by molar-refractivity contribution is 5.80. The zero-order valence-electron chi connectivity index (χ0n) is 14.9. The number of hydrogen-bond donors (Lipinski definition) is 0. The average Bonchev–Trinajstić information content (AvgIpc) is 3.27. The van der Waals surface area contributed by atoms with Crippen molar-refractivity contribution in [1.29, 1.82) is 0 Å². The number of hydrogen-bond acceptors (Lipinski definition) is 3. The van der Waals surface area contributed by atoms with E-state index in [4.69, 9.17) is 4.74 Å². The van der Waals surface area contributed by atoms with Crippen LogP contribution in [-0.2, 0) is 9.53 Å². The van der Waals surface area contributed by atoms with Crippen LogP contribution in [0.15, 0.2) is 18.3 Å². The molecule has 1 heterocycles. The van der Waals surface area contributed by atoms with Crippen LogP contribution >= 0.6 is 0 Å². The second-order valence-electron chi connectivity index (χ2n) is 8.44. The molecule has 23 heavy (non-hydrogen) atoms. The van der Waals surface area contributed by atoms with Crippen LogP contribution in [0.1, 0.15) is 76.5 Å². The van der Waals surface area contributed by atoms with Gasteiger partial charge in [0.25, 0.3) is 0 Å². The number of carbonyl (C=O) groups is 1. The molecule has 0 saturated heterocycles. The Morgan fingerprint density at radius 1 is 1.22 bits per heavy atom. The molecular weight excluding hydrogens is 286 g/mol. The zero-order valence-corrected chi connectivity index (χ0v) is 14.9. The van der Waals surface area contributed by atoms with Crippen molar-refractivity contribution < 1.29 is 9.53 Å². The fourth-order valence-electron chi connectivity index (χ4n) is 4.09. The van der Waals surface area contributed by atoms with Gasteiger partial charge in [0.15, 0.2) is 0 Å². The van der Waals surface area contributed by atoms with E-state index in [1.54, 1.807) is 0 Å². The molecule has 0 amide bonds. The van der Waals surface area contributed by atoms with Crippen molar-refractivity contribution in [2.75, 3.05) is 0 Å². The second kappa shape index (κ2) is 5.92. The SMILES string of the molecule is Cc1cc(C2CCC(C3(C(=O)OC(C)(C)C)CC3)CC2)ccn1. The van der Waals surface area contributed by atoms with E-state index in [9.17, 15) is 4.79 Å². The molecule has 2 aliphatic carbocycles. The van der Waals surface area contributed by atoms with Crippen molar-refractivity contribution in [2.45, 2.75) is 77.7 Å². The molecule has 3 rings (SSSR count). The summed E-state index contributed by atoms with van der Waals surface area (Å²) in [5.74, 6) is 1.19. The van der Waals surface area contributed by atoms with Gasteiger partial charge in [-0.2, -0.15) is 0 Å². The van der Waals surface area contributed by atoms with Gasteiger partial charge in [-0.15, -0.1) is 0 Å². The molecule has 0 aliphatic heterocycles. The normalized spacial score (nSPS) is 26.6. The molecule has 0 bridgehead atoms. The van der Waals surface area contributed by atoms with E-state index in [0.29, 0.717) is 11.8 Å². The number of rotatable bonds is 3. The van der Waals surface area contributed by atoms with Crippen LogP contribution in [0.3, 0.4) is 0 Å². The van der Waals surface area contributed by atoms with Gasteiger partial charge >= 0.3 is 5.97 Å². The molecule has 0 N–H and O–H groups in total. The summed E-state index contributed by atoms with van der Waals surface area (Å²) in [5, 5.41) is 0. The quantitative estimate of drug-likeness (QED) is 0.753. The fourth-order valence-corrected chi connectivity index (χ4v) is 4.09. The summed E-state index contributed by atoms with van der Waals surface area (Å²) in [5.41, 5.74) is 1.97. The van der Waals surface area contributed by atoms with Crippen molar-refractivity contribution in [3.05, 3.63) is 29.6 Å². The minimum absolute atomic E-state index is 0.0493. The van der Waals surface area contributed by atoms with Gasteiger partial charge in [-0.25, -0.2) is 0 Å². The van der Waals surface area contributed by atoms with E-state index in [2.05, 4.69) is 24.0 Å². The molecule has 1 aromatic heterocycles. The van der Waals surface area contributed by atoms with Gasteiger partial charge in [-0.05, 0) is 95.8 Å². The number of pyridine rings is 1. The Labute approximate surface area is 139 Å². The molecule has 2 fully saturated rings. The maximum atomic E-state index is 12.6. The van der Waals surface area contributed by atoms with Crippen molar-refractivity contribution >= 4 is 5.97 Å². The van der Waals surface area contributed by atoms with Gasteiger partial charge < -0.3 is 4.74 Å². The van der Waals surface area contributed by atoms with Gasteiger partial charge in [0.05, 0.1) is 5.41 Å². The van der Waals surface area contributed by atoms with E-state index in [1.165, 1.54) is 18.4 Å². The summed E-state index contributed by atoms with van der Waals surface area (Å²) in [6.07, 6.45) is 8.60. The molecule has 3 nitrogen and oxygen atoms in total. The van der Waals surface area contributed by atoms with Crippen LogP contribution in [0.5, 0.6) is 0 Å². The number of aryl methyl sites for hydroxylation is 1. The van der Waals surface area contributed by atoms with Crippen molar-refractivity contribution in [2.24, 2.45) is 11.3 Å². The average molecular weight is 315 g/mol. The molecule has 1 aromatic rings. The van der Waals surface area contributed by atoms with Gasteiger partial charge in [-0.1, -0.05) is 0 Å². The van der Waals surface area contributed by atoms with Crippen LogP contribution in [0.4, 0.5) is 0 Å². The van der Waals surface area contributed by atoms with Crippen LogP contribution < -0.4 is 0 Å². The lowest BCUT2D eigenvalue weighted by atomic mass is 9.72. The second-order valence-corrected chi connectivity index (χ2v) is 8.44. The van der Waals surface area contributed by atoms with Crippen LogP contribution in [0.25, 0.3) is 0 Å². The number of ether oxygens (including phenoxy) is 1. The molecule has 0 unspecified atom stereocenters. The predicted octanol–water partition coefficient (Wildman–Crippen LogP) is 4.79. The molecule has 2 aliphatic rings.